The molecule has 13 heavy (non-hydrogen) atoms. The van der Waals surface area contributed by atoms with Gasteiger partial charge >= 0.3 is 0 Å². The van der Waals surface area contributed by atoms with Gasteiger partial charge in [0.15, 0.2) is 0 Å². The summed E-state index contributed by atoms with van der Waals surface area (Å²) in [4.78, 5) is 2.48. The lowest BCUT2D eigenvalue weighted by Gasteiger charge is -2.41. The molecule has 0 radical (unpaired) electrons. The summed E-state index contributed by atoms with van der Waals surface area (Å²) in [5.41, 5.74) is 6.33. The van der Waals surface area contributed by atoms with Crippen LogP contribution < -0.4 is 5.73 Å². The van der Waals surface area contributed by atoms with Gasteiger partial charge in [-0.15, -0.1) is 0 Å². The number of hydrogen-bond donors (Lipinski definition) is 1. The molecule has 2 N–H and O–H groups in total. The van der Waals surface area contributed by atoms with Crippen LogP contribution in [0.5, 0.6) is 0 Å². The van der Waals surface area contributed by atoms with Crippen LogP contribution in [0.2, 0.25) is 0 Å². The van der Waals surface area contributed by atoms with E-state index in [9.17, 15) is 0 Å². The fourth-order valence-electron chi connectivity index (χ4n) is 2.48. The third-order valence-corrected chi connectivity index (χ3v) is 2.95. The molecule has 2 heteroatoms. The van der Waals surface area contributed by atoms with Crippen molar-refractivity contribution in [1.29, 1.82) is 0 Å². The van der Waals surface area contributed by atoms with Gasteiger partial charge in [-0.25, -0.2) is 0 Å². The molecule has 2 nitrogen and oxygen atoms in total. The summed E-state index contributed by atoms with van der Waals surface area (Å²) < 4.78 is 0. The Kier molecular flexibility index (Phi) is 3.03. The first-order chi connectivity index (χ1) is 5.84. The van der Waals surface area contributed by atoms with Crippen LogP contribution in [-0.2, 0) is 0 Å². The third-order valence-electron chi connectivity index (χ3n) is 2.95. The average molecular weight is 184 g/mol. The lowest BCUT2D eigenvalue weighted by atomic mass is 9.82. The molecule has 1 aliphatic carbocycles. The molecule has 0 amide bonds. The molecule has 0 aromatic rings. The second-order valence-electron chi connectivity index (χ2n) is 5.57. The van der Waals surface area contributed by atoms with Crippen LogP contribution >= 0.6 is 0 Å². The average Bonchev–Trinajstić information content (AvgIpc) is 2.61. The largest absolute Gasteiger partial charge is 0.327 e. The Morgan fingerprint density at radius 1 is 1.31 bits per heavy atom. The fourth-order valence-corrected chi connectivity index (χ4v) is 2.48. The Labute approximate surface area is 82.5 Å². The molecule has 0 saturated heterocycles. The molecule has 0 aromatic carbocycles. The van der Waals surface area contributed by atoms with Crippen LogP contribution in [0.3, 0.4) is 0 Å². The Morgan fingerprint density at radius 2 is 1.77 bits per heavy atom. The zero-order valence-electron chi connectivity index (χ0n) is 9.67. The molecule has 0 spiro atoms. The van der Waals surface area contributed by atoms with Crippen molar-refractivity contribution >= 4 is 0 Å². The predicted octanol–water partition coefficient (Wildman–Crippen LogP) is 1.84. The molecule has 2 atom stereocenters. The van der Waals surface area contributed by atoms with E-state index in [0.29, 0.717) is 6.04 Å². The number of hydrogen-bond acceptors (Lipinski definition) is 2. The quantitative estimate of drug-likeness (QED) is 0.725. The predicted molar refractivity (Wildman–Crippen MR) is 57.7 cm³/mol. The molecule has 1 aliphatic rings. The van der Waals surface area contributed by atoms with Gasteiger partial charge in [-0.1, -0.05) is 20.8 Å². The number of nitrogens with zero attached hydrogens (tertiary/aromatic N) is 1. The van der Waals surface area contributed by atoms with Crippen LogP contribution in [0, 0.1) is 5.41 Å². The topological polar surface area (TPSA) is 29.3 Å². The van der Waals surface area contributed by atoms with Crippen molar-refractivity contribution in [1.82, 2.24) is 4.90 Å². The maximum absolute atomic E-state index is 6.05. The summed E-state index contributed by atoms with van der Waals surface area (Å²) in [5, 5.41) is 0. The van der Waals surface area contributed by atoms with Gasteiger partial charge in [-0.3, -0.25) is 4.90 Å². The Morgan fingerprint density at radius 3 is 2.00 bits per heavy atom. The van der Waals surface area contributed by atoms with Crippen LogP contribution in [-0.4, -0.2) is 30.1 Å². The maximum atomic E-state index is 6.05. The summed E-state index contributed by atoms with van der Waals surface area (Å²) in [6.07, 6.45) is 2.71. The zero-order chi connectivity index (χ0) is 10.2. The monoisotopic (exact) mass is 184 g/mol. The van der Waals surface area contributed by atoms with Crippen molar-refractivity contribution in [3.8, 4) is 0 Å². The first kappa shape index (κ1) is 11.0. The lowest BCUT2D eigenvalue weighted by Crippen LogP contribution is -2.52. The minimum absolute atomic E-state index is 0.255. The van der Waals surface area contributed by atoms with E-state index in [1.165, 1.54) is 12.8 Å². The summed E-state index contributed by atoms with van der Waals surface area (Å²) >= 11 is 0. The van der Waals surface area contributed by atoms with E-state index in [1.54, 1.807) is 0 Å². The van der Waals surface area contributed by atoms with Crippen LogP contribution in [0.15, 0.2) is 0 Å². The molecular formula is C11H24N2. The second kappa shape index (κ2) is 3.58. The summed E-state index contributed by atoms with van der Waals surface area (Å²) in [6, 6.07) is 1.56. The highest BCUT2D eigenvalue weighted by atomic mass is 15.2. The number of rotatable bonds is 3. The van der Waals surface area contributed by atoms with Crippen molar-refractivity contribution in [2.75, 3.05) is 7.05 Å². The number of likely N-dealkylation sites (N-methyl/N-ethyl adjacent to an activating group) is 1. The van der Waals surface area contributed by atoms with E-state index in [2.05, 4.69) is 39.6 Å². The van der Waals surface area contributed by atoms with E-state index < -0.39 is 0 Å². The molecule has 78 valence electrons. The van der Waals surface area contributed by atoms with Crippen LogP contribution in [0.1, 0.15) is 40.5 Å². The van der Waals surface area contributed by atoms with Crippen molar-refractivity contribution in [3.05, 3.63) is 0 Å². The van der Waals surface area contributed by atoms with Gasteiger partial charge < -0.3 is 5.73 Å². The van der Waals surface area contributed by atoms with Crippen molar-refractivity contribution in [2.45, 2.75) is 58.7 Å². The smallest absolute Gasteiger partial charge is 0.0292 e. The normalized spacial score (nSPS) is 23.3. The van der Waals surface area contributed by atoms with E-state index in [-0.39, 0.29) is 11.5 Å². The van der Waals surface area contributed by atoms with Gasteiger partial charge in [0.05, 0.1) is 0 Å². The molecule has 1 saturated carbocycles. The molecule has 0 aliphatic heterocycles. The van der Waals surface area contributed by atoms with Gasteiger partial charge in [0.1, 0.15) is 0 Å². The SMILES string of the molecule is CC(N)C(N(C)C1CC1)C(C)(C)C. The van der Waals surface area contributed by atoms with E-state index in [1.807, 2.05) is 0 Å². The highest BCUT2D eigenvalue weighted by Crippen LogP contribution is 2.34. The van der Waals surface area contributed by atoms with E-state index in [4.69, 9.17) is 5.73 Å². The molecule has 0 heterocycles. The fraction of sp³-hybridized carbons (Fsp3) is 1.00. The standard InChI is InChI=1S/C11H24N2/c1-8(12)10(11(2,3)4)13(5)9-6-7-9/h8-10H,6-7,12H2,1-5H3. The van der Waals surface area contributed by atoms with Crippen molar-refractivity contribution in [3.63, 3.8) is 0 Å². The Balaban J connectivity index is 2.66. The number of nitrogens with two attached hydrogens (primary N) is 1. The minimum atomic E-state index is 0.255. The first-order valence-electron chi connectivity index (χ1n) is 5.31. The first-order valence-corrected chi connectivity index (χ1v) is 5.31. The van der Waals surface area contributed by atoms with Gasteiger partial charge in [0, 0.05) is 18.1 Å². The molecule has 1 rings (SSSR count). The minimum Gasteiger partial charge on any atom is -0.327 e. The van der Waals surface area contributed by atoms with Gasteiger partial charge in [-0.05, 0) is 32.2 Å². The molecule has 0 aromatic heterocycles. The van der Waals surface area contributed by atoms with Crippen molar-refractivity contribution < 1.29 is 0 Å². The second-order valence-corrected chi connectivity index (χ2v) is 5.57. The molecule has 2 unspecified atom stereocenters. The van der Waals surface area contributed by atoms with Crippen molar-refractivity contribution in [2.24, 2.45) is 11.1 Å². The summed E-state index contributed by atoms with van der Waals surface area (Å²) in [5.74, 6) is 0. The van der Waals surface area contributed by atoms with Gasteiger partial charge in [0.25, 0.3) is 0 Å². The van der Waals surface area contributed by atoms with Gasteiger partial charge in [0.2, 0.25) is 0 Å². The highest BCUT2D eigenvalue weighted by molar-refractivity contribution is 4.94. The Bertz CT molecular complexity index is 165. The van der Waals surface area contributed by atoms with Crippen LogP contribution in [0.25, 0.3) is 0 Å². The van der Waals surface area contributed by atoms with Crippen LogP contribution in [0.4, 0.5) is 0 Å². The molecule has 0 bridgehead atoms. The van der Waals surface area contributed by atoms with E-state index in [0.717, 1.165) is 6.04 Å². The third kappa shape index (κ3) is 2.68. The molecular weight excluding hydrogens is 160 g/mol. The summed E-state index contributed by atoms with van der Waals surface area (Å²) in [6.45, 7) is 8.95. The van der Waals surface area contributed by atoms with E-state index >= 15 is 0 Å². The van der Waals surface area contributed by atoms with Gasteiger partial charge in [-0.2, -0.15) is 0 Å². The summed E-state index contributed by atoms with van der Waals surface area (Å²) in [7, 11) is 2.22. The maximum Gasteiger partial charge on any atom is 0.0292 e. The lowest BCUT2D eigenvalue weighted by molar-refractivity contribution is 0.0997. The zero-order valence-corrected chi connectivity index (χ0v) is 9.67. The highest BCUT2D eigenvalue weighted by Gasteiger charge is 2.38. The Hall–Kier alpha value is -0.0800. The molecule has 1 fully saturated rings.